The molecule has 0 nitrogen and oxygen atoms in total. The van der Waals surface area contributed by atoms with Crippen molar-refractivity contribution in [3.05, 3.63) is 80.3 Å². The average Bonchev–Trinajstić information content (AvgIpc) is 3.03. The third kappa shape index (κ3) is 2.13. The van der Waals surface area contributed by atoms with Gasteiger partial charge in [-0.05, 0) is 0 Å². The summed E-state index contributed by atoms with van der Waals surface area (Å²) in [7, 11) is 0. The quantitative estimate of drug-likeness (QED) is 0.578. The first kappa shape index (κ1) is 16.0. The number of hydrogen-bond donors (Lipinski definition) is 0. The fourth-order valence-electron chi connectivity index (χ4n) is 4.57. The second-order valence-electron chi connectivity index (χ2n) is 7.20. The predicted octanol–water partition coefficient (Wildman–Crippen LogP) is 6.07. The minimum absolute atomic E-state index is 0.531. The summed E-state index contributed by atoms with van der Waals surface area (Å²) in [6.07, 6.45) is 0. The molecule has 4 rings (SSSR count). The molecule has 120 valence electrons. The van der Waals surface area contributed by atoms with Crippen LogP contribution in [0, 0.1) is 5.92 Å². The zero-order chi connectivity index (χ0) is 17.0. The predicted molar refractivity (Wildman–Crippen MR) is 101 cm³/mol. The van der Waals surface area contributed by atoms with E-state index in [4.69, 9.17) is 4.82 Å². The van der Waals surface area contributed by atoms with Gasteiger partial charge in [0.25, 0.3) is 0 Å². The van der Waals surface area contributed by atoms with Gasteiger partial charge in [-0.3, -0.25) is 0 Å². The summed E-state index contributed by atoms with van der Waals surface area (Å²) in [5.41, 5.74) is 10.5. The van der Waals surface area contributed by atoms with E-state index < -0.39 is 17.4 Å². The fraction of sp³-hybridized carbons (Fsp3) is 0.261. The molecule has 0 radical (unpaired) electrons. The molecule has 0 bridgehead atoms. The Morgan fingerprint density at radius 2 is 1.29 bits per heavy atom. The Morgan fingerprint density at radius 3 is 1.75 bits per heavy atom. The van der Waals surface area contributed by atoms with Crippen LogP contribution in [0.4, 0.5) is 0 Å². The zero-order valence-electron chi connectivity index (χ0n) is 15.0. The van der Waals surface area contributed by atoms with Gasteiger partial charge in [0.1, 0.15) is 0 Å². The van der Waals surface area contributed by atoms with Crippen LogP contribution in [-0.2, 0) is 17.4 Å². The normalized spacial score (nSPS) is 19.8. The molecule has 2 aliphatic rings. The van der Waals surface area contributed by atoms with E-state index in [1.54, 1.807) is 9.45 Å². The van der Waals surface area contributed by atoms with E-state index in [1.165, 1.54) is 33.4 Å². The van der Waals surface area contributed by atoms with Gasteiger partial charge in [0.2, 0.25) is 0 Å². The van der Waals surface area contributed by atoms with Crippen molar-refractivity contribution in [2.45, 2.75) is 31.9 Å². The summed E-state index contributed by atoms with van der Waals surface area (Å²) in [5, 5.41) is 0. The van der Waals surface area contributed by atoms with Crippen molar-refractivity contribution >= 4 is 4.82 Å². The number of allylic oxidation sites excluding steroid dienone is 4. The van der Waals surface area contributed by atoms with Crippen molar-refractivity contribution in [1.29, 1.82) is 0 Å². The Balaban J connectivity index is 1.88. The molecule has 2 aliphatic carbocycles. The van der Waals surface area contributed by atoms with Gasteiger partial charge in [-0.1, -0.05) is 0 Å². The molecular weight excluding hydrogens is 324 g/mol. The monoisotopic (exact) mass is 348 g/mol. The summed E-state index contributed by atoms with van der Waals surface area (Å²) < 4.78 is 2.23. The van der Waals surface area contributed by atoms with Crippen LogP contribution < -0.4 is 0 Å². The van der Waals surface area contributed by atoms with E-state index in [2.05, 4.69) is 76.2 Å². The van der Waals surface area contributed by atoms with Crippen LogP contribution in [0.3, 0.4) is 0 Å². The third-order valence-electron chi connectivity index (χ3n) is 6.17. The molecule has 1 unspecified atom stereocenters. The van der Waals surface area contributed by atoms with Gasteiger partial charge in [-0.2, -0.15) is 0 Å². The second-order valence-corrected chi connectivity index (χ2v) is 10.6. The van der Waals surface area contributed by atoms with E-state index in [-0.39, 0.29) is 0 Å². The Labute approximate surface area is 151 Å². The summed E-state index contributed by atoms with van der Waals surface area (Å²) in [4.78, 5) is 4.85. The molecule has 0 fully saturated rings. The molecule has 0 spiro atoms. The topological polar surface area (TPSA) is 0 Å². The first-order valence-corrected chi connectivity index (χ1v) is 11.6. The molecule has 0 N–H and O–H groups in total. The Kier molecular flexibility index (Phi) is 3.86. The molecule has 0 aliphatic heterocycles. The van der Waals surface area contributed by atoms with Gasteiger partial charge in [0, 0.05) is 0 Å². The average molecular weight is 348 g/mol. The second kappa shape index (κ2) is 5.79. The number of rotatable bonds is 2. The van der Waals surface area contributed by atoms with Gasteiger partial charge in [0.15, 0.2) is 0 Å². The molecular formula is C23H24Ti. The van der Waals surface area contributed by atoms with Crippen LogP contribution in [0.5, 0.6) is 0 Å². The van der Waals surface area contributed by atoms with Crippen molar-refractivity contribution in [3.63, 3.8) is 0 Å². The summed E-state index contributed by atoms with van der Waals surface area (Å²) >= 11 is -1.72. The number of fused-ring (bicyclic) bond motifs is 3. The van der Waals surface area contributed by atoms with Crippen LogP contribution >= 0.6 is 0 Å². The molecule has 24 heavy (non-hydrogen) atoms. The third-order valence-corrected chi connectivity index (χ3v) is 10.6. The molecule has 0 aromatic heterocycles. The van der Waals surface area contributed by atoms with Crippen molar-refractivity contribution in [2.75, 3.05) is 0 Å². The first-order valence-electron chi connectivity index (χ1n) is 8.78. The minimum atomic E-state index is -1.72. The first-order chi connectivity index (χ1) is 11.5. The van der Waals surface area contributed by atoms with Gasteiger partial charge >= 0.3 is 151 Å². The van der Waals surface area contributed by atoms with Gasteiger partial charge in [-0.25, -0.2) is 0 Å². The summed E-state index contributed by atoms with van der Waals surface area (Å²) in [5.74, 6) is 0.581. The van der Waals surface area contributed by atoms with Crippen molar-refractivity contribution in [3.8, 4) is 11.1 Å². The molecule has 0 saturated carbocycles. The molecule has 2 aromatic rings. The van der Waals surface area contributed by atoms with Crippen LogP contribution in [0.2, 0.25) is 0 Å². The maximum atomic E-state index is 4.85. The molecule has 1 atom stereocenters. The summed E-state index contributed by atoms with van der Waals surface area (Å²) in [6.45, 7) is 9.30. The SMILES string of the molecule is [CH2]=[Ti]([C]1=C(C)C(C)=C(C)C1C)[CH]1c2ccccc2-c2ccccc21. The van der Waals surface area contributed by atoms with Crippen molar-refractivity contribution in [2.24, 2.45) is 5.92 Å². The maximum absolute atomic E-state index is 4.85. The standard InChI is InChI=1S/C13H9.C9H13.CH2.Ti/c1-3-7-12-10(5-1)9-11-6-2-4-8-13(11)12;1-6-5-7(2)9(4)8(6)3;;/h1-9H;6H,1-4H3;1H2;. The van der Waals surface area contributed by atoms with Crippen molar-refractivity contribution in [1.82, 2.24) is 0 Å². The van der Waals surface area contributed by atoms with Gasteiger partial charge in [0.05, 0.1) is 0 Å². The fourth-order valence-corrected chi connectivity index (χ4v) is 9.27. The molecule has 0 heterocycles. The Morgan fingerprint density at radius 1 is 0.792 bits per heavy atom. The zero-order valence-corrected chi connectivity index (χ0v) is 16.5. The molecule has 2 aromatic carbocycles. The summed E-state index contributed by atoms with van der Waals surface area (Å²) in [6, 6.07) is 18.0. The van der Waals surface area contributed by atoms with Gasteiger partial charge < -0.3 is 0 Å². The molecule has 1 heteroatoms. The van der Waals surface area contributed by atoms with Crippen LogP contribution in [0.25, 0.3) is 11.1 Å². The molecule has 0 amide bonds. The van der Waals surface area contributed by atoms with Crippen molar-refractivity contribution < 1.29 is 17.4 Å². The number of hydrogen-bond acceptors (Lipinski definition) is 0. The van der Waals surface area contributed by atoms with E-state index in [9.17, 15) is 0 Å². The van der Waals surface area contributed by atoms with E-state index >= 15 is 0 Å². The molecule has 0 saturated heterocycles. The van der Waals surface area contributed by atoms with E-state index in [1.807, 2.05) is 0 Å². The van der Waals surface area contributed by atoms with Crippen LogP contribution in [-0.4, -0.2) is 4.82 Å². The van der Waals surface area contributed by atoms with Crippen LogP contribution in [0.1, 0.15) is 43.0 Å². The Hall–Kier alpha value is -1.50. The van der Waals surface area contributed by atoms with E-state index in [0.29, 0.717) is 10.1 Å². The van der Waals surface area contributed by atoms with Gasteiger partial charge in [-0.15, -0.1) is 0 Å². The Bertz CT molecular complexity index is 881. The van der Waals surface area contributed by atoms with Crippen LogP contribution in [0.15, 0.2) is 69.1 Å². The van der Waals surface area contributed by atoms with E-state index in [0.717, 1.165) is 0 Å². The number of benzene rings is 2.